The van der Waals surface area contributed by atoms with Crippen LogP contribution in [0.2, 0.25) is 0 Å². The summed E-state index contributed by atoms with van der Waals surface area (Å²) in [5.74, 6) is -0.168. The van der Waals surface area contributed by atoms with Crippen molar-refractivity contribution in [1.82, 2.24) is 10.2 Å². The summed E-state index contributed by atoms with van der Waals surface area (Å²) in [5.41, 5.74) is 0.410. The maximum atomic E-state index is 13.2. The lowest BCUT2D eigenvalue weighted by Gasteiger charge is -2.31. The third-order valence-electron chi connectivity index (χ3n) is 5.55. The summed E-state index contributed by atoms with van der Waals surface area (Å²) in [5, 5.41) is 3.06. The predicted octanol–water partition coefficient (Wildman–Crippen LogP) is 1.98. The Morgan fingerprint density at radius 2 is 1.91 bits per heavy atom. The molecule has 23 heavy (non-hydrogen) atoms. The molecule has 1 aromatic rings. The molecule has 3 aliphatic rings. The maximum absolute atomic E-state index is 13.2. The summed E-state index contributed by atoms with van der Waals surface area (Å²) < 4.78 is 13.2. The van der Waals surface area contributed by atoms with E-state index >= 15 is 0 Å². The van der Waals surface area contributed by atoms with Gasteiger partial charge in [-0.25, -0.2) is 4.39 Å². The van der Waals surface area contributed by atoms with Gasteiger partial charge in [0.05, 0.1) is 11.3 Å². The standard InChI is InChI=1S/C18H21FN2O2/c19-14-6-4-13(5-7-14)18(8-9-18)17(23)21-10-12-2-1-3-15(11-21)20-16(12)22/h4-7,12,15H,1-3,8-11H2,(H,20,22)/t12-,15-/m0/s1. The van der Waals surface area contributed by atoms with Gasteiger partial charge in [-0.3, -0.25) is 9.59 Å². The number of likely N-dealkylation sites (tertiary alicyclic amines) is 1. The average molecular weight is 316 g/mol. The minimum atomic E-state index is -0.491. The molecule has 1 N–H and O–H groups in total. The van der Waals surface area contributed by atoms with Gasteiger partial charge in [0, 0.05) is 19.1 Å². The van der Waals surface area contributed by atoms with E-state index in [0.717, 1.165) is 37.7 Å². The third kappa shape index (κ3) is 2.52. The highest BCUT2D eigenvalue weighted by molar-refractivity contribution is 5.92. The summed E-state index contributed by atoms with van der Waals surface area (Å²) in [4.78, 5) is 27.2. The predicted molar refractivity (Wildman–Crippen MR) is 83.2 cm³/mol. The van der Waals surface area contributed by atoms with Crippen molar-refractivity contribution in [3.05, 3.63) is 35.6 Å². The summed E-state index contributed by atoms with van der Waals surface area (Å²) in [6.45, 7) is 1.12. The summed E-state index contributed by atoms with van der Waals surface area (Å²) in [6.07, 6.45) is 4.46. The van der Waals surface area contributed by atoms with Gasteiger partial charge in [-0.1, -0.05) is 18.6 Å². The van der Waals surface area contributed by atoms with E-state index in [1.54, 1.807) is 12.1 Å². The van der Waals surface area contributed by atoms with Crippen molar-refractivity contribution in [1.29, 1.82) is 0 Å². The van der Waals surface area contributed by atoms with E-state index in [-0.39, 0.29) is 29.6 Å². The Morgan fingerprint density at radius 3 is 2.61 bits per heavy atom. The largest absolute Gasteiger partial charge is 0.351 e. The Labute approximate surface area is 135 Å². The minimum absolute atomic E-state index is 0.0722. The van der Waals surface area contributed by atoms with Gasteiger partial charge in [0.2, 0.25) is 11.8 Å². The second-order valence-corrected chi connectivity index (χ2v) is 7.13. The molecule has 2 bridgehead atoms. The number of benzene rings is 1. The molecule has 1 aliphatic carbocycles. The van der Waals surface area contributed by atoms with Crippen molar-refractivity contribution in [2.45, 2.75) is 43.6 Å². The molecule has 0 aromatic heterocycles. The van der Waals surface area contributed by atoms with Gasteiger partial charge in [0.15, 0.2) is 0 Å². The van der Waals surface area contributed by atoms with Crippen LogP contribution in [0.15, 0.2) is 24.3 Å². The van der Waals surface area contributed by atoms with E-state index in [9.17, 15) is 14.0 Å². The van der Waals surface area contributed by atoms with E-state index < -0.39 is 5.41 Å². The number of amides is 2. The van der Waals surface area contributed by atoms with Crippen molar-refractivity contribution in [2.75, 3.05) is 13.1 Å². The molecule has 0 radical (unpaired) electrons. The van der Waals surface area contributed by atoms with Gasteiger partial charge in [0.1, 0.15) is 5.82 Å². The number of fused-ring (bicyclic) bond motifs is 3. The maximum Gasteiger partial charge on any atom is 0.233 e. The number of nitrogens with one attached hydrogen (secondary N) is 1. The van der Waals surface area contributed by atoms with Gasteiger partial charge < -0.3 is 10.2 Å². The van der Waals surface area contributed by atoms with Crippen LogP contribution in [-0.2, 0) is 15.0 Å². The molecule has 5 heteroatoms. The van der Waals surface area contributed by atoms with Crippen LogP contribution < -0.4 is 5.32 Å². The number of rotatable bonds is 2. The van der Waals surface area contributed by atoms with Crippen LogP contribution in [0.1, 0.15) is 37.7 Å². The Kier molecular flexibility index (Phi) is 3.39. The zero-order valence-corrected chi connectivity index (χ0v) is 13.1. The number of halogens is 1. The van der Waals surface area contributed by atoms with E-state index in [1.807, 2.05) is 4.90 Å². The van der Waals surface area contributed by atoms with Crippen molar-refractivity contribution >= 4 is 11.8 Å². The second-order valence-electron chi connectivity index (χ2n) is 7.13. The number of nitrogens with zero attached hydrogens (tertiary/aromatic N) is 1. The molecule has 4 rings (SSSR count). The molecule has 0 unspecified atom stereocenters. The average Bonchev–Trinajstić information content (AvgIpc) is 3.32. The van der Waals surface area contributed by atoms with Crippen LogP contribution in [0.4, 0.5) is 4.39 Å². The second kappa shape index (κ2) is 5.32. The molecule has 2 heterocycles. The lowest BCUT2D eigenvalue weighted by molar-refractivity contribution is -0.135. The molecule has 2 amide bonds. The molecule has 1 aromatic carbocycles. The monoisotopic (exact) mass is 316 g/mol. The van der Waals surface area contributed by atoms with Crippen molar-refractivity contribution in [3.63, 3.8) is 0 Å². The molecule has 122 valence electrons. The van der Waals surface area contributed by atoms with E-state index in [0.29, 0.717) is 13.1 Å². The Morgan fingerprint density at radius 1 is 1.17 bits per heavy atom. The topological polar surface area (TPSA) is 49.4 Å². The number of carbonyl (C=O) groups excluding carboxylic acids is 2. The van der Waals surface area contributed by atoms with E-state index in [1.165, 1.54) is 12.1 Å². The summed E-state index contributed by atoms with van der Waals surface area (Å²) in [6, 6.07) is 6.36. The van der Waals surface area contributed by atoms with Crippen LogP contribution in [0.25, 0.3) is 0 Å². The first-order valence-electron chi connectivity index (χ1n) is 8.44. The van der Waals surface area contributed by atoms with Crippen molar-refractivity contribution in [2.24, 2.45) is 5.92 Å². The van der Waals surface area contributed by atoms with Gasteiger partial charge in [-0.05, 0) is 43.4 Å². The fraction of sp³-hybridized carbons (Fsp3) is 0.556. The van der Waals surface area contributed by atoms with Crippen molar-refractivity contribution < 1.29 is 14.0 Å². The summed E-state index contributed by atoms with van der Waals surface area (Å²) in [7, 11) is 0. The first-order valence-corrected chi connectivity index (χ1v) is 8.44. The quantitative estimate of drug-likeness (QED) is 0.907. The zero-order valence-electron chi connectivity index (χ0n) is 13.1. The molecule has 2 aliphatic heterocycles. The molecule has 4 nitrogen and oxygen atoms in total. The molecular weight excluding hydrogens is 295 g/mol. The summed E-state index contributed by atoms with van der Waals surface area (Å²) >= 11 is 0. The Hall–Kier alpha value is -1.91. The van der Waals surface area contributed by atoms with Gasteiger partial charge in [0.25, 0.3) is 0 Å². The fourth-order valence-electron chi connectivity index (χ4n) is 4.04. The molecular formula is C18H21FN2O2. The van der Waals surface area contributed by atoms with Crippen LogP contribution in [-0.4, -0.2) is 35.8 Å². The molecule has 1 saturated carbocycles. The van der Waals surface area contributed by atoms with Crippen LogP contribution in [0.5, 0.6) is 0 Å². The van der Waals surface area contributed by atoms with E-state index in [4.69, 9.17) is 0 Å². The molecule has 2 atom stereocenters. The smallest absolute Gasteiger partial charge is 0.233 e. The fourth-order valence-corrected chi connectivity index (χ4v) is 4.04. The van der Waals surface area contributed by atoms with Crippen LogP contribution >= 0.6 is 0 Å². The number of hydrogen-bond donors (Lipinski definition) is 1. The first-order chi connectivity index (χ1) is 11.1. The number of hydrogen-bond acceptors (Lipinski definition) is 2. The minimum Gasteiger partial charge on any atom is -0.351 e. The normalized spacial score (nSPS) is 28.7. The Balaban J connectivity index is 1.59. The van der Waals surface area contributed by atoms with Gasteiger partial charge in [-0.15, -0.1) is 0 Å². The molecule has 0 spiro atoms. The molecule has 2 saturated heterocycles. The lowest BCUT2D eigenvalue weighted by Crippen LogP contribution is -2.46. The van der Waals surface area contributed by atoms with Crippen molar-refractivity contribution in [3.8, 4) is 0 Å². The highest BCUT2D eigenvalue weighted by Gasteiger charge is 2.54. The number of carbonyl (C=O) groups is 2. The van der Waals surface area contributed by atoms with Gasteiger partial charge >= 0.3 is 0 Å². The molecule has 3 fully saturated rings. The zero-order chi connectivity index (χ0) is 16.0. The Bertz CT molecular complexity index is 639. The lowest BCUT2D eigenvalue weighted by atomic mass is 9.92. The highest BCUT2D eigenvalue weighted by Crippen LogP contribution is 2.50. The van der Waals surface area contributed by atoms with Gasteiger partial charge in [-0.2, -0.15) is 0 Å². The third-order valence-corrected chi connectivity index (χ3v) is 5.55. The van der Waals surface area contributed by atoms with Crippen LogP contribution in [0.3, 0.4) is 0 Å². The van der Waals surface area contributed by atoms with E-state index in [2.05, 4.69) is 5.32 Å². The first kappa shape index (κ1) is 14.7. The SMILES string of the molecule is O=C1N[C@H]2CCC[C@H]1CN(C(=O)C1(c3ccc(F)cc3)CC1)C2. The highest BCUT2D eigenvalue weighted by atomic mass is 19.1. The van der Waals surface area contributed by atoms with Crippen LogP contribution in [0, 0.1) is 11.7 Å².